The summed E-state index contributed by atoms with van der Waals surface area (Å²) >= 11 is 6.51. The van der Waals surface area contributed by atoms with E-state index < -0.39 is 0 Å². The van der Waals surface area contributed by atoms with Crippen molar-refractivity contribution in [2.75, 3.05) is 13.1 Å². The lowest BCUT2D eigenvalue weighted by molar-refractivity contribution is -0.0573. The van der Waals surface area contributed by atoms with E-state index in [0.29, 0.717) is 11.8 Å². The van der Waals surface area contributed by atoms with Crippen molar-refractivity contribution in [2.45, 2.75) is 58.8 Å². The second-order valence-corrected chi connectivity index (χ2v) is 10.3. The number of halogens is 1. The highest BCUT2D eigenvalue weighted by atomic mass is 35.5. The summed E-state index contributed by atoms with van der Waals surface area (Å²) in [6.07, 6.45) is 4.29. The Morgan fingerprint density at radius 2 is 1.80 bits per heavy atom. The fraction of sp³-hybridized carbons (Fsp3) is 0.714. The molecule has 1 aliphatic heterocycles. The Bertz CT molecular complexity index is 718. The second kappa shape index (κ2) is 5.29. The summed E-state index contributed by atoms with van der Waals surface area (Å²) in [4.78, 5) is 0. The first kappa shape index (κ1) is 17.5. The van der Waals surface area contributed by atoms with E-state index in [-0.39, 0.29) is 27.7 Å². The van der Waals surface area contributed by atoms with Crippen LogP contribution < -0.4 is 0 Å². The van der Waals surface area contributed by atoms with Crippen molar-refractivity contribution < 1.29 is 10.2 Å². The highest BCUT2D eigenvalue weighted by Gasteiger charge is 2.61. The summed E-state index contributed by atoms with van der Waals surface area (Å²) in [6, 6.07) is 3.38. The zero-order valence-electron chi connectivity index (χ0n) is 15.8. The first-order valence-corrected chi connectivity index (χ1v) is 9.88. The zero-order chi connectivity index (χ0) is 18.2. The van der Waals surface area contributed by atoms with Crippen LogP contribution >= 0.6 is 11.8 Å². The molecule has 4 heteroatoms. The number of fused-ring (bicyclic) bond motifs is 5. The molecule has 1 heterocycles. The molecule has 2 aliphatic carbocycles. The average molecular weight is 364 g/mol. The predicted molar refractivity (Wildman–Crippen MR) is 101 cm³/mol. The third-order valence-electron chi connectivity index (χ3n) is 7.91. The molecule has 0 aromatic heterocycles. The van der Waals surface area contributed by atoms with Crippen molar-refractivity contribution in [2.24, 2.45) is 22.7 Å². The van der Waals surface area contributed by atoms with E-state index in [2.05, 4.69) is 27.7 Å². The summed E-state index contributed by atoms with van der Waals surface area (Å²) in [5.41, 5.74) is 2.56. The fourth-order valence-electron chi connectivity index (χ4n) is 7.01. The van der Waals surface area contributed by atoms with Gasteiger partial charge >= 0.3 is 0 Å². The molecule has 3 nitrogen and oxygen atoms in total. The van der Waals surface area contributed by atoms with Crippen LogP contribution in [0.3, 0.4) is 0 Å². The minimum Gasteiger partial charge on any atom is -0.508 e. The van der Waals surface area contributed by atoms with E-state index in [1.54, 1.807) is 0 Å². The summed E-state index contributed by atoms with van der Waals surface area (Å²) in [5, 5.41) is 20.6. The van der Waals surface area contributed by atoms with Crippen LogP contribution in [0.4, 0.5) is 0 Å². The molecule has 2 fully saturated rings. The van der Waals surface area contributed by atoms with Gasteiger partial charge in [-0.1, -0.05) is 27.7 Å². The summed E-state index contributed by atoms with van der Waals surface area (Å²) in [7, 11) is 0. The molecule has 4 rings (SSSR count). The minimum atomic E-state index is -0.0179. The van der Waals surface area contributed by atoms with Crippen molar-refractivity contribution >= 4 is 11.8 Å². The Kier molecular flexibility index (Phi) is 3.70. The van der Waals surface area contributed by atoms with Crippen molar-refractivity contribution in [3.8, 4) is 11.5 Å². The minimum absolute atomic E-state index is 0.0179. The lowest BCUT2D eigenvalue weighted by Crippen LogP contribution is -2.53. The van der Waals surface area contributed by atoms with E-state index in [4.69, 9.17) is 11.8 Å². The van der Waals surface area contributed by atoms with Gasteiger partial charge in [0.1, 0.15) is 11.5 Å². The normalized spacial score (nSPS) is 40.0. The Morgan fingerprint density at radius 1 is 1.08 bits per heavy atom. The van der Waals surface area contributed by atoms with Crippen molar-refractivity contribution in [1.29, 1.82) is 0 Å². The summed E-state index contributed by atoms with van der Waals surface area (Å²) < 4.78 is 1.98. The molecule has 1 saturated carbocycles. The van der Waals surface area contributed by atoms with E-state index in [9.17, 15) is 10.2 Å². The highest BCUT2D eigenvalue weighted by molar-refractivity contribution is 6.13. The molecule has 3 aliphatic rings. The number of phenols is 2. The number of aromatic hydroxyl groups is 2. The van der Waals surface area contributed by atoms with Crippen LogP contribution in [0.2, 0.25) is 0 Å². The first-order chi connectivity index (χ1) is 11.6. The SMILES string of the molecule is CC1(C)CN(Cl)CC[C@]2(C)[C@H]3Cc4cc(O)cc(O)c4[C@]3(C)CC[C@@H]12. The maximum absolute atomic E-state index is 10.6. The van der Waals surface area contributed by atoms with E-state index >= 15 is 0 Å². The van der Waals surface area contributed by atoms with Crippen LogP contribution in [0.15, 0.2) is 12.1 Å². The van der Waals surface area contributed by atoms with Gasteiger partial charge in [0.05, 0.1) is 0 Å². The molecule has 138 valence electrons. The molecule has 0 spiro atoms. The van der Waals surface area contributed by atoms with E-state index in [0.717, 1.165) is 43.5 Å². The van der Waals surface area contributed by atoms with Crippen LogP contribution in [-0.4, -0.2) is 27.7 Å². The van der Waals surface area contributed by atoms with Gasteiger partial charge in [0.15, 0.2) is 0 Å². The van der Waals surface area contributed by atoms with Gasteiger partial charge in [0.2, 0.25) is 0 Å². The third kappa shape index (κ3) is 2.35. The second-order valence-electron chi connectivity index (χ2n) is 9.85. The van der Waals surface area contributed by atoms with E-state index in [1.807, 2.05) is 10.5 Å². The standard InChI is InChI=1S/C21H30ClNO2/c1-19(2)12-23(22)8-7-20(3)16(19)5-6-21(4)17(20)10-13-9-14(24)11-15(25)18(13)21/h9,11,16-17,24-25H,5-8,10,12H2,1-4H3/t16-,17+,20-,21+/m0/s1. The van der Waals surface area contributed by atoms with Gasteiger partial charge in [-0.2, -0.15) is 0 Å². The molecule has 4 atom stereocenters. The van der Waals surface area contributed by atoms with Gasteiger partial charge < -0.3 is 10.2 Å². The molecule has 1 saturated heterocycles. The zero-order valence-corrected chi connectivity index (χ0v) is 16.5. The van der Waals surface area contributed by atoms with E-state index in [1.165, 1.54) is 12.5 Å². The molecule has 0 amide bonds. The lowest BCUT2D eigenvalue weighted by atomic mass is 9.47. The molecular weight excluding hydrogens is 334 g/mol. The number of hydrogen-bond acceptors (Lipinski definition) is 3. The van der Waals surface area contributed by atoms with Crippen LogP contribution in [0, 0.1) is 22.7 Å². The highest BCUT2D eigenvalue weighted by Crippen LogP contribution is 2.66. The van der Waals surface area contributed by atoms with Gasteiger partial charge in [-0.3, -0.25) is 0 Å². The smallest absolute Gasteiger partial charge is 0.123 e. The molecule has 0 bridgehead atoms. The molecule has 2 N–H and O–H groups in total. The Labute approximate surface area is 156 Å². The van der Waals surface area contributed by atoms with Crippen LogP contribution in [0.25, 0.3) is 0 Å². The Morgan fingerprint density at radius 3 is 2.52 bits per heavy atom. The summed E-state index contributed by atoms with van der Waals surface area (Å²) in [6.45, 7) is 11.4. The first-order valence-electron chi connectivity index (χ1n) is 9.54. The van der Waals surface area contributed by atoms with Crippen molar-refractivity contribution in [1.82, 2.24) is 4.42 Å². The number of rotatable bonds is 0. The maximum atomic E-state index is 10.6. The molecule has 25 heavy (non-hydrogen) atoms. The van der Waals surface area contributed by atoms with Crippen molar-refractivity contribution in [3.63, 3.8) is 0 Å². The molecule has 1 aromatic rings. The fourth-order valence-corrected chi connectivity index (χ4v) is 7.40. The predicted octanol–water partition coefficient (Wildman–Crippen LogP) is 4.83. The number of phenolic OH excluding ortho intramolecular Hbond substituents is 2. The molecule has 1 aromatic carbocycles. The van der Waals surface area contributed by atoms with Crippen LogP contribution in [-0.2, 0) is 11.8 Å². The van der Waals surface area contributed by atoms with Gasteiger partial charge in [0, 0.05) is 30.1 Å². The Balaban J connectivity index is 1.83. The topological polar surface area (TPSA) is 43.7 Å². The van der Waals surface area contributed by atoms with Gasteiger partial charge in [-0.25, -0.2) is 4.42 Å². The number of benzene rings is 1. The monoisotopic (exact) mass is 363 g/mol. The summed E-state index contributed by atoms with van der Waals surface area (Å²) in [5.74, 6) is 1.54. The molecular formula is C21H30ClNO2. The van der Waals surface area contributed by atoms with Crippen LogP contribution in [0.1, 0.15) is 58.1 Å². The largest absolute Gasteiger partial charge is 0.508 e. The van der Waals surface area contributed by atoms with Gasteiger partial charge in [-0.05, 0) is 71.8 Å². The molecule has 0 radical (unpaired) electrons. The quantitative estimate of drug-likeness (QED) is 0.649. The molecule has 0 unspecified atom stereocenters. The number of nitrogens with zero attached hydrogens (tertiary/aromatic N) is 1. The third-order valence-corrected chi connectivity index (χ3v) is 8.20. The van der Waals surface area contributed by atoms with Gasteiger partial charge in [-0.15, -0.1) is 0 Å². The van der Waals surface area contributed by atoms with Gasteiger partial charge in [0.25, 0.3) is 0 Å². The van der Waals surface area contributed by atoms with Crippen molar-refractivity contribution in [3.05, 3.63) is 23.3 Å². The number of hydrogen-bond donors (Lipinski definition) is 2. The lowest BCUT2D eigenvalue weighted by Gasteiger charge is -2.57. The average Bonchev–Trinajstić information content (AvgIpc) is 2.74. The Hall–Kier alpha value is -0.930. The maximum Gasteiger partial charge on any atom is 0.123 e. The van der Waals surface area contributed by atoms with Crippen LogP contribution in [0.5, 0.6) is 11.5 Å².